The molecule has 0 aliphatic carbocycles. The van der Waals surface area contributed by atoms with Crippen LogP contribution in [0.4, 0.5) is 0 Å². The van der Waals surface area contributed by atoms with Gasteiger partial charge in [0.1, 0.15) is 5.75 Å². The number of hydrogen-bond donors (Lipinski definition) is 2. The highest BCUT2D eigenvalue weighted by Crippen LogP contribution is 2.17. The molecule has 0 aliphatic heterocycles. The number of nitrogens with zero attached hydrogens (tertiary/aromatic N) is 2. The van der Waals surface area contributed by atoms with E-state index in [-0.39, 0.29) is 5.75 Å². The summed E-state index contributed by atoms with van der Waals surface area (Å²) in [6.07, 6.45) is 4.27. The average Bonchev–Trinajstić information content (AvgIpc) is 3.04. The van der Waals surface area contributed by atoms with E-state index in [4.69, 9.17) is 0 Å². The number of aryl methyl sites for hydroxylation is 1. The minimum absolute atomic E-state index is 0.134. The molecule has 0 bridgehead atoms. The van der Waals surface area contributed by atoms with Crippen molar-refractivity contribution in [3.63, 3.8) is 0 Å². The lowest BCUT2D eigenvalue weighted by Crippen LogP contribution is -2.27. The maximum absolute atomic E-state index is 12.1. The van der Waals surface area contributed by atoms with Crippen LogP contribution in [0.15, 0.2) is 41.1 Å². The quantitative estimate of drug-likeness (QED) is 0.670. The second kappa shape index (κ2) is 6.46. The van der Waals surface area contributed by atoms with Crippen LogP contribution in [0.5, 0.6) is 0 Å². The van der Waals surface area contributed by atoms with Crippen LogP contribution in [-0.4, -0.2) is 29.7 Å². The molecule has 0 fully saturated rings. The van der Waals surface area contributed by atoms with E-state index in [9.17, 15) is 8.42 Å². The highest BCUT2D eigenvalue weighted by Gasteiger charge is 2.16. The average molecular weight is 397 g/mol. The highest BCUT2D eigenvalue weighted by atomic mass is 79.9. The van der Waals surface area contributed by atoms with Crippen molar-refractivity contribution >= 4 is 36.9 Å². The second-order valence-electron chi connectivity index (χ2n) is 5.40. The van der Waals surface area contributed by atoms with Gasteiger partial charge in [0, 0.05) is 31.5 Å². The monoisotopic (exact) mass is 396 g/mol. The first-order chi connectivity index (χ1) is 10.9. The number of aromatic nitrogens is 3. The molecule has 2 N–H and O–H groups in total. The molecule has 0 radical (unpaired) electrons. The van der Waals surface area contributed by atoms with Gasteiger partial charge in [-0.2, -0.15) is 5.10 Å². The van der Waals surface area contributed by atoms with Gasteiger partial charge < -0.3 is 4.98 Å². The van der Waals surface area contributed by atoms with E-state index >= 15 is 0 Å². The van der Waals surface area contributed by atoms with Crippen LogP contribution in [0.3, 0.4) is 0 Å². The van der Waals surface area contributed by atoms with Crippen LogP contribution in [0.25, 0.3) is 10.9 Å². The third-order valence-electron chi connectivity index (χ3n) is 3.53. The van der Waals surface area contributed by atoms with Crippen LogP contribution >= 0.6 is 15.9 Å². The lowest BCUT2D eigenvalue weighted by atomic mass is 10.1. The highest BCUT2D eigenvalue weighted by molar-refractivity contribution is 9.10. The lowest BCUT2D eigenvalue weighted by molar-refractivity contribution is 0.579. The standard InChI is InChI=1S/C15H17BrN4O2S/c1-20-9-13(16)15(19-20)10-23(21,22)18-7-4-11-2-3-14-12(8-11)5-6-17-14/h2-3,5-6,8-9,17-18H,4,7,10H2,1H3. The summed E-state index contributed by atoms with van der Waals surface area (Å²) in [4.78, 5) is 3.14. The molecule has 2 aromatic heterocycles. The molecule has 122 valence electrons. The molecular formula is C15H17BrN4O2S. The van der Waals surface area contributed by atoms with Crippen LogP contribution < -0.4 is 4.72 Å². The van der Waals surface area contributed by atoms with E-state index in [1.807, 2.05) is 24.4 Å². The SMILES string of the molecule is Cn1cc(Br)c(CS(=O)(=O)NCCc2ccc3[nH]ccc3c2)n1. The zero-order valence-electron chi connectivity index (χ0n) is 12.6. The van der Waals surface area contributed by atoms with Gasteiger partial charge in [0.25, 0.3) is 0 Å². The number of benzene rings is 1. The summed E-state index contributed by atoms with van der Waals surface area (Å²) in [7, 11) is -1.65. The first-order valence-electron chi connectivity index (χ1n) is 7.14. The molecule has 0 saturated carbocycles. The van der Waals surface area contributed by atoms with Gasteiger partial charge in [-0.05, 0) is 51.5 Å². The Kier molecular flexibility index (Phi) is 4.56. The summed E-state index contributed by atoms with van der Waals surface area (Å²) in [5.41, 5.74) is 2.68. The van der Waals surface area contributed by atoms with Crippen LogP contribution in [0.2, 0.25) is 0 Å². The Morgan fingerprint density at radius 3 is 2.91 bits per heavy atom. The van der Waals surface area contributed by atoms with Crippen molar-refractivity contribution in [2.24, 2.45) is 7.05 Å². The Bertz CT molecular complexity index is 930. The largest absolute Gasteiger partial charge is 0.361 e. The fraction of sp³-hybridized carbons (Fsp3) is 0.267. The molecule has 0 spiro atoms. The van der Waals surface area contributed by atoms with Crippen molar-refractivity contribution in [1.29, 1.82) is 0 Å². The molecule has 6 nitrogen and oxygen atoms in total. The van der Waals surface area contributed by atoms with Crippen molar-refractivity contribution in [2.45, 2.75) is 12.2 Å². The molecule has 0 amide bonds. The van der Waals surface area contributed by atoms with Crippen molar-refractivity contribution in [2.75, 3.05) is 6.54 Å². The van der Waals surface area contributed by atoms with Gasteiger partial charge in [-0.15, -0.1) is 0 Å². The Balaban J connectivity index is 1.59. The van der Waals surface area contributed by atoms with Gasteiger partial charge >= 0.3 is 0 Å². The molecule has 3 aromatic rings. The number of hydrogen-bond acceptors (Lipinski definition) is 3. The molecule has 0 unspecified atom stereocenters. The van der Waals surface area contributed by atoms with Gasteiger partial charge in [0.05, 0.1) is 10.2 Å². The third-order valence-corrected chi connectivity index (χ3v) is 5.49. The number of fused-ring (bicyclic) bond motifs is 1. The van der Waals surface area contributed by atoms with Gasteiger partial charge in [-0.1, -0.05) is 6.07 Å². The summed E-state index contributed by atoms with van der Waals surface area (Å²) < 4.78 is 29.2. The van der Waals surface area contributed by atoms with Gasteiger partial charge in [-0.3, -0.25) is 4.68 Å². The first-order valence-corrected chi connectivity index (χ1v) is 9.59. The summed E-state index contributed by atoms with van der Waals surface area (Å²) in [5, 5.41) is 5.26. The van der Waals surface area contributed by atoms with E-state index in [1.165, 1.54) is 0 Å². The van der Waals surface area contributed by atoms with E-state index in [0.717, 1.165) is 16.5 Å². The minimum atomic E-state index is -3.41. The fourth-order valence-electron chi connectivity index (χ4n) is 2.44. The number of aromatic amines is 1. The zero-order chi connectivity index (χ0) is 16.4. The molecule has 3 rings (SSSR count). The summed E-state index contributed by atoms with van der Waals surface area (Å²) in [5.74, 6) is -0.134. The predicted molar refractivity (Wildman–Crippen MR) is 93.5 cm³/mol. The van der Waals surface area contributed by atoms with Crippen molar-refractivity contribution in [3.05, 3.63) is 52.4 Å². The molecule has 1 aromatic carbocycles. The van der Waals surface area contributed by atoms with E-state index in [0.29, 0.717) is 23.1 Å². The Hall–Kier alpha value is -1.64. The molecule has 0 aliphatic rings. The van der Waals surface area contributed by atoms with Crippen molar-refractivity contribution < 1.29 is 8.42 Å². The summed E-state index contributed by atoms with van der Waals surface area (Å²) >= 11 is 3.32. The topological polar surface area (TPSA) is 79.8 Å². The molecule has 0 atom stereocenters. The lowest BCUT2D eigenvalue weighted by Gasteiger charge is -2.06. The summed E-state index contributed by atoms with van der Waals surface area (Å²) in [6, 6.07) is 8.07. The Morgan fingerprint density at radius 2 is 2.17 bits per heavy atom. The molecule has 2 heterocycles. The molecule has 23 heavy (non-hydrogen) atoms. The number of sulfonamides is 1. The van der Waals surface area contributed by atoms with Gasteiger partial charge in [0.2, 0.25) is 10.0 Å². The summed E-state index contributed by atoms with van der Waals surface area (Å²) in [6.45, 7) is 0.364. The van der Waals surface area contributed by atoms with Gasteiger partial charge in [-0.25, -0.2) is 13.1 Å². The minimum Gasteiger partial charge on any atom is -0.361 e. The number of rotatable bonds is 6. The third kappa shape index (κ3) is 4.01. The molecular weight excluding hydrogens is 380 g/mol. The first kappa shape index (κ1) is 16.2. The van der Waals surface area contributed by atoms with Crippen molar-refractivity contribution in [3.8, 4) is 0 Å². The Morgan fingerprint density at radius 1 is 1.35 bits per heavy atom. The van der Waals surface area contributed by atoms with Crippen LogP contribution in [0, 0.1) is 0 Å². The number of nitrogens with one attached hydrogen (secondary N) is 2. The number of H-pyrrole nitrogens is 1. The van der Waals surface area contributed by atoms with Gasteiger partial charge in [0.15, 0.2) is 0 Å². The number of halogens is 1. The second-order valence-corrected chi connectivity index (χ2v) is 8.06. The van der Waals surface area contributed by atoms with E-state index < -0.39 is 10.0 Å². The zero-order valence-corrected chi connectivity index (χ0v) is 15.0. The maximum Gasteiger partial charge on any atom is 0.217 e. The van der Waals surface area contributed by atoms with Crippen molar-refractivity contribution in [1.82, 2.24) is 19.5 Å². The predicted octanol–water partition coefficient (Wildman–Crippen LogP) is 2.33. The molecule has 8 heteroatoms. The maximum atomic E-state index is 12.1. The Labute approximate surface area is 143 Å². The van der Waals surface area contributed by atoms with E-state index in [1.54, 1.807) is 17.9 Å². The van der Waals surface area contributed by atoms with Crippen LogP contribution in [-0.2, 0) is 29.2 Å². The fourth-order valence-corrected chi connectivity index (χ4v) is 4.23. The molecule has 0 saturated heterocycles. The normalized spacial score (nSPS) is 12.1. The van der Waals surface area contributed by atoms with E-state index in [2.05, 4.69) is 36.8 Å². The smallest absolute Gasteiger partial charge is 0.217 e. The van der Waals surface area contributed by atoms with Crippen LogP contribution in [0.1, 0.15) is 11.3 Å².